The fourth-order valence-electron chi connectivity index (χ4n) is 3.69. The normalized spacial score (nSPS) is 25.3. The minimum atomic E-state index is -0.157. The number of rotatable bonds is 4. The van der Waals surface area contributed by atoms with Gasteiger partial charge >= 0.3 is 0 Å². The van der Waals surface area contributed by atoms with Gasteiger partial charge in [0.2, 0.25) is 0 Å². The van der Waals surface area contributed by atoms with Crippen molar-refractivity contribution in [2.24, 2.45) is 0 Å². The molecule has 2 aliphatic heterocycles. The lowest BCUT2D eigenvalue weighted by Crippen LogP contribution is -2.53. The first-order chi connectivity index (χ1) is 12.3. The maximum absolute atomic E-state index is 12.6. The van der Waals surface area contributed by atoms with Crippen LogP contribution in [0.3, 0.4) is 0 Å². The minimum absolute atomic E-state index is 0.0142. The van der Waals surface area contributed by atoms with Crippen molar-refractivity contribution in [2.75, 3.05) is 13.7 Å². The van der Waals surface area contributed by atoms with E-state index in [0.29, 0.717) is 6.61 Å². The number of amides is 1. The minimum Gasteiger partial charge on any atom is -0.378 e. The van der Waals surface area contributed by atoms with Crippen molar-refractivity contribution in [1.29, 1.82) is 0 Å². The number of nitrogens with one attached hydrogen (secondary N) is 2. The molecular formula is C20H21N3O2. The van der Waals surface area contributed by atoms with Gasteiger partial charge in [-0.25, -0.2) is 5.43 Å². The maximum atomic E-state index is 12.6. The van der Waals surface area contributed by atoms with Gasteiger partial charge < -0.3 is 10.1 Å². The zero-order chi connectivity index (χ0) is 17.2. The predicted octanol–water partition coefficient (Wildman–Crippen LogP) is 2.32. The van der Waals surface area contributed by atoms with E-state index in [4.69, 9.17) is 4.74 Å². The SMILES string of the molecule is COCC1=CC(=O)N2NC(c3ccccc3)C(c3ccccc3)C2N1. The molecule has 0 aliphatic carbocycles. The van der Waals surface area contributed by atoms with Crippen molar-refractivity contribution in [1.82, 2.24) is 15.8 Å². The number of methoxy groups -OCH3 is 1. The number of hydrogen-bond acceptors (Lipinski definition) is 4. The van der Waals surface area contributed by atoms with Crippen LogP contribution >= 0.6 is 0 Å². The molecule has 0 saturated carbocycles. The molecule has 0 bridgehead atoms. The van der Waals surface area contributed by atoms with Crippen LogP contribution < -0.4 is 10.7 Å². The van der Waals surface area contributed by atoms with Crippen LogP contribution in [0.15, 0.2) is 72.4 Å². The molecule has 1 saturated heterocycles. The number of hydrazine groups is 1. The summed E-state index contributed by atoms with van der Waals surface area (Å²) < 4.78 is 5.21. The van der Waals surface area contributed by atoms with Gasteiger partial charge in [0.15, 0.2) is 0 Å². The summed E-state index contributed by atoms with van der Waals surface area (Å²) in [7, 11) is 1.63. The Morgan fingerprint density at radius 2 is 1.64 bits per heavy atom. The molecule has 0 spiro atoms. The van der Waals surface area contributed by atoms with Crippen LogP contribution in [0.2, 0.25) is 0 Å². The molecule has 4 rings (SSSR count). The van der Waals surface area contributed by atoms with E-state index < -0.39 is 0 Å². The summed E-state index contributed by atoms with van der Waals surface area (Å²) in [5.74, 6) is 0.0447. The number of hydrogen-bond donors (Lipinski definition) is 2. The van der Waals surface area contributed by atoms with Crippen LogP contribution in [0.4, 0.5) is 0 Å². The van der Waals surface area contributed by atoms with Crippen molar-refractivity contribution < 1.29 is 9.53 Å². The number of benzene rings is 2. The van der Waals surface area contributed by atoms with E-state index in [1.54, 1.807) is 18.2 Å². The number of fused-ring (bicyclic) bond motifs is 1. The van der Waals surface area contributed by atoms with E-state index in [1.165, 1.54) is 5.56 Å². The molecule has 3 atom stereocenters. The Labute approximate surface area is 147 Å². The third-order valence-corrected chi connectivity index (χ3v) is 4.77. The van der Waals surface area contributed by atoms with Crippen LogP contribution in [0.5, 0.6) is 0 Å². The van der Waals surface area contributed by atoms with Gasteiger partial charge in [-0.15, -0.1) is 0 Å². The first-order valence-corrected chi connectivity index (χ1v) is 8.43. The van der Waals surface area contributed by atoms with Crippen molar-refractivity contribution in [3.8, 4) is 0 Å². The van der Waals surface area contributed by atoms with E-state index in [9.17, 15) is 4.79 Å². The largest absolute Gasteiger partial charge is 0.378 e. The second kappa shape index (κ2) is 6.70. The van der Waals surface area contributed by atoms with E-state index in [1.807, 2.05) is 36.4 Å². The van der Waals surface area contributed by atoms with E-state index >= 15 is 0 Å². The van der Waals surface area contributed by atoms with Crippen molar-refractivity contribution in [2.45, 2.75) is 18.1 Å². The number of carbonyl (C=O) groups is 1. The van der Waals surface area contributed by atoms with Crippen LogP contribution in [0, 0.1) is 0 Å². The van der Waals surface area contributed by atoms with Gasteiger partial charge in [-0.2, -0.15) is 0 Å². The van der Waals surface area contributed by atoms with E-state index in [-0.39, 0.29) is 24.0 Å². The zero-order valence-electron chi connectivity index (χ0n) is 14.1. The van der Waals surface area contributed by atoms with Gasteiger partial charge in [0.05, 0.1) is 12.6 Å². The maximum Gasteiger partial charge on any atom is 0.264 e. The fourth-order valence-corrected chi connectivity index (χ4v) is 3.69. The number of nitrogens with zero attached hydrogens (tertiary/aromatic N) is 1. The molecule has 1 amide bonds. The van der Waals surface area contributed by atoms with Gasteiger partial charge in [-0.1, -0.05) is 60.7 Å². The first kappa shape index (κ1) is 15.9. The highest BCUT2D eigenvalue weighted by molar-refractivity contribution is 5.89. The number of ether oxygens (including phenoxy) is 1. The summed E-state index contributed by atoms with van der Waals surface area (Å²) >= 11 is 0. The molecule has 5 nitrogen and oxygen atoms in total. The Morgan fingerprint density at radius 3 is 2.28 bits per heavy atom. The third-order valence-electron chi connectivity index (χ3n) is 4.77. The topological polar surface area (TPSA) is 53.6 Å². The van der Waals surface area contributed by atoms with Crippen LogP contribution in [0.25, 0.3) is 0 Å². The Hall–Kier alpha value is -2.63. The zero-order valence-corrected chi connectivity index (χ0v) is 14.1. The second-order valence-corrected chi connectivity index (χ2v) is 6.35. The summed E-state index contributed by atoms with van der Waals surface area (Å²) in [5, 5.41) is 5.18. The molecule has 25 heavy (non-hydrogen) atoms. The predicted molar refractivity (Wildman–Crippen MR) is 95.2 cm³/mol. The Bertz CT molecular complexity index is 776. The molecule has 5 heteroatoms. The van der Waals surface area contributed by atoms with Gasteiger partial charge in [0, 0.05) is 24.8 Å². The molecule has 0 radical (unpaired) electrons. The quantitative estimate of drug-likeness (QED) is 0.900. The first-order valence-electron chi connectivity index (χ1n) is 8.43. The Kier molecular flexibility index (Phi) is 4.26. The summed E-state index contributed by atoms with van der Waals surface area (Å²) in [6.07, 6.45) is 1.44. The van der Waals surface area contributed by atoms with Crippen LogP contribution in [0.1, 0.15) is 23.1 Å². The average Bonchev–Trinajstić information content (AvgIpc) is 3.03. The molecule has 2 N–H and O–H groups in total. The second-order valence-electron chi connectivity index (χ2n) is 6.35. The molecule has 2 heterocycles. The lowest BCUT2D eigenvalue weighted by molar-refractivity contribution is -0.131. The van der Waals surface area contributed by atoms with E-state index in [0.717, 1.165) is 11.3 Å². The standard InChI is InChI=1S/C20H21N3O2/c1-25-13-16-12-17(24)23-20(21-16)18(14-8-4-2-5-9-14)19(22-23)15-10-6-3-7-11-15/h2-12,18-22H,13H2,1H3. The van der Waals surface area contributed by atoms with Gasteiger partial charge in [-0.05, 0) is 11.1 Å². The third kappa shape index (κ3) is 2.92. The van der Waals surface area contributed by atoms with Gasteiger partial charge in [-0.3, -0.25) is 9.80 Å². The average molecular weight is 335 g/mol. The van der Waals surface area contributed by atoms with Crippen molar-refractivity contribution in [3.05, 3.63) is 83.6 Å². The molecule has 0 aromatic heterocycles. The van der Waals surface area contributed by atoms with Gasteiger partial charge in [0.1, 0.15) is 6.17 Å². The van der Waals surface area contributed by atoms with Crippen molar-refractivity contribution in [3.63, 3.8) is 0 Å². The summed E-state index contributed by atoms with van der Waals surface area (Å²) in [6.45, 7) is 0.396. The summed E-state index contributed by atoms with van der Waals surface area (Å²) in [5.41, 5.74) is 6.57. The van der Waals surface area contributed by atoms with E-state index in [2.05, 4.69) is 35.0 Å². The van der Waals surface area contributed by atoms with Crippen molar-refractivity contribution >= 4 is 5.91 Å². The molecule has 2 aliphatic rings. The highest BCUT2D eigenvalue weighted by Crippen LogP contribution is 2.41. The Morgan fingerprint density at radius 1 is 1.00 bits per heavy atom. The molecule has 3 unspecified atom stereocenters. The van der Waals surface area contributed by atoms with Gasteiger partial charge in [0.25, 0.3) is 5.91 Å². The van der Waals surface area contributed by atoms with Crippen LogP contribution in [-0.2, 0) is 9.53 Å². The summed E-state index contributed by atoms with van der Waals surface area (Å²) in [6, 6.07) is 20.6. The summed E-state index contributed by atoms with van der Waals surface area (Å²) in [4.78, 5) is 12.6. The lowest BCUT2D eigenvalue weighted by atomic mass is 9.86. The molecule has 2 aromatic carbocycles. The Balaban J connectivity index is 1.74. The fraction of sp³-hybridized carbons (Fsp3) is 0.250. The smallest absolute Gasteiger partial charge is 0.264 e. The lowest BCUT2D eigenvalue weighted by Gasteiger charge is -2.33. The molecular weight excluding hydrogens is 314 g/mol. The molecule has 128 valence electrons. The highest BCUT2D eigenvalue weighted by atomic mass is 16.5. The molecule has 1 fully saturated rings. The van der Waals surface area contributed by atoms with Crippen LogP contribution in [-0.4, -0.2) is 30.8 Å². The monoisotopic (exact) mass is 335 g/mol. The highest BCUT2D eigenvalue weighted by Gasteiger charge is 2.46. The molecule has 2 aromatic rings. The number of carbonyl (C=O) groups excluding carboxylic acids is 1.